The predicted molar refractivity (Wildman–Crippen MR) is 147 cm³/mol. The van der Waals surface area contributed by atoms with Gasteiger partial charge in [-0.1, -0.05) is 45.3 Å². The first-order chi connectivity index (χ1) is 18.0. The van der Waals surface area contributed by atoms with E-state index in [0.717, 1.165) is 62.0 Å². The number of carbonyl (C=O) groups excluding carboxylic acids is 1. The molecule has 1 aliphatic carbocycles. The maximum atomic E-state index is 12.7. The third-order valence-electron chi connectivity index (χ3n) is 8.66. The number of anilines is 4. The molecule has 9 nitrogen and oxygen atoms in total. The van der Waals surface area contributed by atoms with Crippen LogP contribution in [0.4, 0.5) is 23.3 Å². The van der Waals surface area contributed by atoms with Crippen LogP contribution in [-0.2, 0) is 4.79 Å². The Kier molecular flexibility index (Phi) is 6.48. The third-order valence-corrected chi connectivity index (χ3v) is 8.66. The molecule has 0 aromatic carbocycles. The number of rotatable bonds is 6. The molecule has 1 saturated carbocycles. The highest BCUT2D eigenvalue weighted by Gasteiger charge is 2.50. The summed E-state index contributed by atoms with van der Waals surface area (Å²) in [5, 5.41) is 6.43. The van der Waals surface area contributed by atoms with Crippen molar-refractivity contribution in [2.24, 2.45) is 5.92 Å². The number of aromatic nitrogens is 3. The number of amides is 1. The van der Waals surface area contributed by atoms with E-state index in [4.69, 9.17) is 4.98 Å². The molecule has 2 aromatic rings. The SMILES string of the molecule is CCC(C)CN1CCN(c2ccc(Nc3ncc4c(n3)N3C(C=C4)C(=O)NCC34CCCC4)nc2)CC1. The minimum absolute atomic E-state index is 0.0468. The molecule has 1 spiro atoms. The average Bonchev–Trinajstić information content (AvgIpc) is 3.40. The van der Waals surface area contributed by atoms with Crippen LogP contribution in [-0.4, -0.2) is 76.6 Å². The normalized spacial score (nSPS) is 23.5. The fourth-order valence-corrected chi connectivity index (χ4v) is 6.30. The van der Waals surface area contributed by atoms with Crippen molar-refractivity contribution in [3.8, 4) is 0 Å². The van der Waals surface area contributed by atoms with Crippen LogP contribution in [0.5, 0.6) is 0 Å². The van der Waals surface area contributed by atoms with Crippen LogP contribution in [0.2, 0.25) is 0 Å². The molecule has 9 heteroatoms. The van der Waals surface area contributed by atoms with Gasteiger partial charge in [-0.3, -0.25) is 9.69 Å². The number of hydrogen-bond donors (Lipinski definition) is 2. The van der Waals surface area contributed by atoms with Gasteiger partial charge in [-0.25, -0.2) is 9.97 Å². The fraction of sp³-hybridized carbons (Fsp3) is 0.571. The van der Waals surface area contributed by atoms with Crippen LogP contribution >= 0.6 is 0 Å². The maximum absolute atomic E-state index is 12.7. The van der Waals surface area contributed by atoms with E-state index < -0.39 is 0 Å². The topological polar surface area (TPSA) is 89.5 Å². The summed E-state index contributed by atoms with van der Waals surface area (Å²) in [6.45, 7) is 10.7. The second-order valence-corrected chi connectivity index (χ2v) is 11.1. The van der Waals surface area contributed by atoms with Crippen molar-refractivity contribution in [2.75, 3.05) is 54.4 Å². The van der Waals surface area contributed by atoms with Gasteiger partial charge in [0.05, 0.1) is 17.4 Å². The van der Waals surface area contributed by atoms with Gasteiger partial charge >= 0.3 is 0 Å². The second-order valence-electron chi connectivity index (χ2n) is 11.1. The number of hydrogen-bond acceptors (Lipinski definition) is 8. The van der Waals surface area contributed by atoms with Crippen LogP contribution in [0.3, 0.4) is 0 Å². The summed E-state index contributed by atoms with van der Waals surface area (Å²) in [5.41, 5.74) is 2.04. The van der Waals surface area contributed by atoms with E-state index in [1.807, 2.05) is 30.6 Å². The molecule has 4 aliphatic rings. The Hall–Kier alpha value is -3.20. The molecule has 0 bridgehead atoms. The van der Waals surface area contributed by atoms with Crippen molar-refractivity contribution in [3.63, 3.8) is 0 Å². The smallest absolute Gasteiger partial charge is 0.246 e. The van der Waals surface area contributed by atoms with Crippen LogP contribution < -0.4 is 20.4 Å². The molecule has 3 aliphatic heterocycles. The monoisotopic (exact) mass is 502 g/mol. The molecule has 37 heavy (non-hydrogen) atoms. The van der Waals surface area contributed by atoms with Crippen LogP contribution in [0.1, 0.15) is 51.5 Å². The Balaban J connectivity index is 1.15. The lowest BCUT2D eigenvalue weighted by Gasteiger charge is -2.50. The first kappa shape index (κ1) is 24.2. The summed E-state index contributed by atoms with van der Waals surface area (Å²) in [6, 6.07) is 3.81. The largest absolute Gasteiger partial charge is 0.368 e. The number of fused-ring (bicyclic) bond motifs is 4. The van der Waals surface area contributed by atoms with Gasteiger partial charge in [0.15, 0.2) is 0 Å². The van der Waals surface area contributed by atoms with Gasteiger partial charge in [-0.05, 0) is 30.9 Å². The van der Waals surface area contributed by atoms with E-state index in [2.05, 4.69) is 55.2 Å². The molecule has 0 radical (unpaired) electrons. The van der Waals surface area contributed by atoms with Gasteiger partial charge in [-0.2, -0.15) is 4.98 Å². The molecular formula is C28H38N8O. The van der Waals surface area contributed by atoms with Gasteiger partial charge in [0.2, 0.25) is 11.9 Å². The lowest BCUT2D eigenvalue weighted by Crippen LogP contribution is -2.67. The number of carbonyl (C=O) groups is 1. The van der Waals surface area contributed by atoms with Crippen molar-refractivity contribution < 1.29 is 4.79 Å². The highest BCUT2D eigenvalue weighted by molar-refractivity contribution is 5.93. The highest BCUT2D eigenvalue weighted by Crippen LogP contribution is 2.43. The number of pyridine rings is 1. The lowest BCUT2D eigenvalue weighted by atomic mass is 9.87. The predicted octanol–water partition coefficient (Wildman–Crippen LogP) is 3.43. The van der Waals surface area contributed by atoms with E-state index in [1.165, 1.54) is 25.8 Å². The molecule has 196 valence electrons. The lowest BCUT2D eigenvalue weighted by molar-refractivity contribution is -0.123. The van der Waals surface area contributed by atoms with E-state index in [-0.39, 0.29) is 17.5 Å². The minimum atomic E-state index is -0.315. The summed E-state index contributed by atoms with van der Waals surface area (Å²) in [5.74, 6) is 2.86. The van der Waals surface area contributed by atoms with Crippen LogP contribution in [0.15, 0.2) is 30.6 Å². The Morgan fingerprint density at radius 2 is 1.95 bits per heavy atom. The van der Waals surface area contributed by atoms with Gasteiger partial charge < -0.3 is 20.4 Å². The number of nitrogens with zero attached hydrogens (tertiary/aromatic N) is 6. The third kappa shape index (κ3) is 4.65. The quantitative estimate of drug-likeness (QED) is 0.621. The van der Waals surface area contributed by atoms with Crippen molar-refractivity contribution >= 4 is 35.3 Å². The van der Waals surface area contributed by atoms with Gasteiger partial charge in [0, 0.05) is 51.0 Å². The zero-order valence-electron chi connectivity index (χ0n) is 22.0. The first-order valence-electron chi connectivity index (χ1n) is 13.9. The second kappa shape index (κ2) is 9.93. The molecule has 3 fully saturated rings. The molecule has 2 atom stereocenters. The van der Waals surface area contributed by atoms with Crippen molar-refractivity contribution in [3.05, 3.63) is 36.2 Å². The summed E-state index contributed by atoms with van der Waals surface area (Å²) in [4.78, 5) is 34.1. The standard InChI is InChI=1S/C28H38N8O/c1-3-20(2)18-34-12-14-35(15-13-34)22-7-9-24(29-17-22)32-27-30-16-21-6-8-23-26(37)31-19-28(10-4-5-11-28)36(23)25(21)33-27/h6-9,16-17,20,23H,3-5,10-15,18-19H2,1-2H3,(H,31,37)(H,29,30,32,33). The number of nitrogens with one attached hydrogen (secondary N) is 2. The van der Waals surface area contributed by atoms with E-state index >= 15 is 0 Å². The molecule has 2 N–H and O–H groups in total. The molecule has 6 rings (SSSR count). The molecule has 2 saturated heterocycles. The molecule has 2 aromatic heterocycles. The summed E-state index contributed by atoms with van der Waals surface area (Å²) in [7, 11) is 0. The van der Waals surface area contributed by atoms with Crippen LogP contribution in [0, 0.1) is 5.92 Å². The van der Waals surface area contributed by atoms with E-state index in [0.29, 0.717) is 18.3 Å². The number of piperazine rings is 2. The van der Waals surface area contributed by atoms with Crippen molar-refractivity contribution in [2.45, 2.75) is 57.5 Å². The van der Waals surface area contributed by atoms with Gasteiger partial charge in [0.25, 0.3) is 0 Å². The van der Waals surface area contributed by atoms with Gasteiger partial charge in [-0.15, -0.1) is 0 Å². The zero-order chi connectivity index (χ0) is 25.4. The summed E-state index contributed by atoms with van der Waals surface area (Å²) in [6.07, 6.45) is 13.5. The Labute approximate surface area is 219 Å². The van der Waals surface area contributed by atoms with Crippen LogP contribution in [0.25, 0.3) is 6.08 Å². The Morgan fingerprint density at radius 1 is 1.14 bits per heavy atom. The Bertz CT molecular complexity index is 1150. The van der Waals surface area contributed by atoms with Crippen molar-refractivity contribution in [1.82, 2.24) is 25.2 Å². The van der Waals surface area contributed by atoms with Crippen molar-refractivity contribution in [1.29, 1.82) is 0 Å². The molecule has 5 heterocycles. The molecular weight excluding hydrogens is 464 g/mol. The van der Waals surface area contributed by atoms with E-state index in [1.54, 1.807) is 0 Å². The molecule has 2 unspecified atom stereocenters. The minimum Gasteiger partial charge on any atom is -0.368 e. The zero-order valence-corrected chi connectivity index (χ0v) is 22.0. The Morgan fingerprint density at radius 3 is 2.68 bits per heavy atom. The average molecular weight is 503 g/mol. The summed E-state index contributed by atoms with van der Waals surface area (Å²) >= 11 is 0. The highest BCUT2D eigenvalue weighted by atomic mass is 16.2. The fourth-order valence-electron chi connectivity index (χ4n) is 6.30. The first-order valence-corrected chi connectivity index (χ1v) is 13.9. The van der Waals surface area contributed by atoms with Gasteiger partial charge in [0.1, 0.15) is 17.7 Å². The maximum Gasteiger partial charge on any atom is 0.246 e. The molecule has 1 amide bonds. The van der Waals surface area contributed by atoms with E-state index in [9.17, 15) is 4.79 Å². The summed E-state index contributed by atoms with van der Waals surface area (Å²) < 4.78 is 0.